The fourth-order valence-electron chi connectivity index (χ4n) is 3.05. The maximum Gasteiger partial charge on any atom is 0.260 e. The molecule has 0 radical (unpaired) electrons. The Balaban J connectivity index is 1.69. The standard InChI is InChI=1S/C17H24N4O2/c1-3-19-10-12-20(13-11-19)17-18-8-9-21(17)16(22)14-4-6-15(23-2)7-5-14/h4-7H,3,8-13H2,1-2H3. The highest BCUT2D eigenvalue weighted by molar-refractivity contribution is 6.06. The molecule has 1 aromatic rings. The van der Waals surface area contributed by atoms with Crippen molar-refractivity contribution in [3.8, 4) is 5.75 Å². The third-order valence-corrected chi connectivity index (χ3v) is 4.50. The summed E-state index contributed by atoms with van der Waals surface area (Å²) in [6.45, 7) is 8.52. The van der Waals surface area contributed by atoms with Gasteiger partial charge in [-0.3, -0.25) is 14.7 Å². The summed E-state index contributed by atoms with van der Waals surface area (Å²) in [5, 5.41) is 0. The molecule has 0 unspecified atom stereocenters. The number of guanidine groups is 1. The minimum absolute atomic E-state index is 0.0156. The van der Waals surface area contributed by atoms with E-state index in [1.807, 2.05) is 29.2 Å². The van der Waals surface area contributed by atoms with Crippen molar-refractivity contribution in [3.63, 3.8) is 0 Å². The summed E-state index contributed by atoms with van der Waals surface area (Å²) in [4.78, 5) is 23.8. The lowest BCUT2D eigenvalue weighted by atomic mass is 10.2. The number of hydrogen-bond acceptors (Lipinski definition) is 5. The molecule has 1 aromatic carbocycles. The van der Waals surface area contributed by atoms with Gasteiger partial charge >= 0.3 is 0 Å². The van der Waals surface area contributed by atoms with Crippen LogP contribution in [0, 0.1) is 0 Å². The van der Waals surface area contributed by atoms with E-state index in [1.54, 1.807) is 7.11 Å². The maximum atomic E-state index is 12.8. The molecule has 0 N–H and O–H groups in total. The predicted molar refractivity (Wildman–Crippen MR) is 90.0 cm³/mol. The second-order valence-corrected chi connectivity index (χ2v) is 5.79. The van der Waals surface area contributed by atoms with Gasteiger partial charge < -0.3 is 14.5 Å². The third-order valence-electron chi connectivity index (χ3n) is 4.50. The number of methoxy groups -OCH3 is 1. The first-order valence-electron chi connectivity index (χ1n) is 8.20. The predicted octanol–water partition coefficient (Wildman–Crippen LogP) is 1.14. The number of carbonyl (C=O) groups is 1. The average molecular weight is 316 g/mol. The minimum Gasteiger partial charge on any atom is -0.497 e. The topological polar surface area (TPSA) is 48.4 Å². The lowest BCUT2D eigenvalue weighted by Gasteiger charge is -2.37. The van der Waals surface area contributed by atoms with Gasteiger partial charge in [0, 0.05) is 38.3 Å². The minimum atomic E-state index is 0.0156. The van der Waals surface area contributed by atoms with Crippen molar-refractivity contribution in [3.05, 3.63) is 29.8 Å². The summed E-state index contributed by atoms with van der Waals surface area (Å²) >= 11 is 0. The van der Waals surface area contributed by atoms with Crippen LogP contribution in [-0.4, -0.2) is 79.5 Å². The molecule has 6 heteroatoms. The molecule has 2 heterocycles. The zero-order valence-corrected chi connectivity index (χ0v) is 13.9. The van der Waals surface area contributed by atoms with Gasteiger partial charge in [-0.05, 0) is 30.8 Å². The fourth-order valence-corrected chi connectivity index (χ4v) is 3.05. The van der Waals surface area contributed by atoms with Crippen LogP contribution < -0.4 is 4.74 Å². The van der Waals surface area contributed by atoms with Crippen LogP contribution in [0.5, 0.6) is 5.75 Å². The molecule has 0 atom stereocenters. The second-order valence-electron chi connectivity index (χ2n) is 5.79. The zero-order chi connectivity index (χ0) is 16.2. The van der Waals surface area contributed by atoms with Gasteiger partial charge in [-0.1, -0.05) is 6.92 Å². The summed E-state index contributed by atoms with van der Waals surface area (Å²) in [5.41, 5.74) is 0.674. The van der Waals surface area contributed by atoms with Crippen LogP contribution in [0.1, 0.15) is 17.3 Å². The van der Waals surface area contributed by atoms with Crippen LogP contribution >= 0.6 is 0 Å². The number of rotatable bonds is 3. The summed E-state index contributed by atoms with van der Waals surface area (Å²) < 4.78 is 5.15. The second kappa shape index (κ2) is 7.00. The monoisotopic (exact) mass is 316 g/mol. The van der Waals surface area contributed by atoms with E-state index in [0.29, 0.717) is 18.7 Å². The van der Waals surface area contributed by atoms with Gasteiger partial charge in [0.1, 0.15) is 5.75 Å². The van der Waals surface area contributed by atoms with Gasteiger partial charge in [0.05, 0.1) is 13.7 Å². The summed E-state index contributed by atoms with van der Waals surface area (Å²) in [5.74, 6) is 1.61. The van der Waals surface area contributed by atoms with Crippen molar-refractivity contribution < 1.29 is 9.53 Å². The van der Waals surface area contributed by atoms with Crippen LogP contribution in [0.4, 0.5) is 0 Å². The Bertz CT molecular complexity index is 577. The smallest absolute Gasteiger partial charge is 0.260 e. The maximum absolute atomic E-state index is 12.8. The van der Waals surface area contributed by atoms with Crippen molar-refractivity contribution >= 4 is 11.9 Å². The van der Waals surface area contributed by atoms with Crippen LogP contribution in [0.3, 0.4) is 0 Å². The van der Waals surface area contributed by atoms with Gasteiger partial charge in [0.2, 0.25) is 5.96 Å². The first-order chi connectivity index (χ1) is 11.2. The highest BCUT2D eigenvalue weighted by Crippen LogP contribution is 2.17. The van der Waals surface area contributed by atoms with Gasteiger partial charge in [-0.15, -0.1) is 0 Å². The van der Waals surface area contributed by atoms with Crippen LogP contribution in [0.25, 0.3) is 0 Å². The molecule has 3 rings (SSSR count). The molecular formula is C17H24N4O2. The molecule has 1 fully saturated rings. The van der Waals surface area contributed by atoms with E-state index >= 15 is 0 Å². The molecular weight excluding hydrogens is 292 g/mol. The molecule has 2 aliphatic heterocycles. The normalized spacial score (nSPS) is 19.0. The Kier molecular flexibility index (Phi) is 4.81. The van der Waals surface area contributed by atoms with E-state index < -0.39 is 0 Å². The molecule has 23 heavy (non-hydrogen) atoms. The Hall–Kier alpha value is -2.08. The molecule has 1 saturated heterocycles. The van der Waals surface area contributed by atoms with Crippen LogP contribution in [0.15, 0.2) is 29.3 Å². The van der Waals surface area contributed by atoms with E-state index in [-0.39, 0.29) is 5.91 Å². The Labute approximate surface area is 137 Å². The quantitative estimate of drug-likeness (QED) is 0.839. The fraction of sp³-hybridized carbons (Fsp3) is 0.529. The molecule has 124 valence electrons. The Morgan fingerprint density at radius 2 is 1.83 bits per heavy atom. The number of benzene rings is 1. The lowest BCUT2D eigenvalue weighted by Crippen LogP contribution is -2.53. The van der Waals surface area contributed by atoms with Crippen LogP contribution in [0.2, 0.25) is 0 Å². The number of ether oxygens (including phenoxy) is 1. The summed E-state index contributed by atoms with van der Waals surface area (Å²) in [6.07, 6.45) is 0. The SMILES string of the molecule is CCN1CCN(C2=NCCN2C(=O)c2ccc(OC)cc2)CC1. The number of likely N-dealkylation sites (N-methyl/N-ethyl adjacent to an activating group) is 1. The number of nitrogens with zero attached hydrogens (tertiary/aromatic N) is 4. The first-order valence-corrected chi connectivity index (χ1v) is 8.20. The van der Waals surface area contributed by atoms with Crippen molar-refractivity contribution in [2.75, 3.05) is 52.9 Å². The molecule has 0 saturated carbocycles. The third kappa shape index (κ3) is 3.32. The van der Waals surface area contributed by atoms with Gasteiger partial charge in [0.15, 0.2) is 0 Å². The lowest BCUT2D eigenvalue weighted by molar-refractivity contribution is 0.0834. The van der Waals surface area contributed by atoms with E-state index in [2.05, 4.69) is 21.7 Å². The van der Waals surface area contributed by atoms with E-state index in [9.17, 15) is 4.79 Å². The highest BCUT2D eigenvalue weighted by Gasteiger charge is 2.30. The molecule has 0 aromatic heterocycles. The van der Waals surface area contributed by atoms with Gasteiger partial charge in [0.25, 0.3) is 5.91 Å². The van der Waals surface area contributed by atoms with Crippen molar-refractivity contribution in [2.24, 2.45) is 4.99 Å². The molecule has 1 amide bonds. The molecule has 2 aliphatic rings. The zero-order valence-electron chi connectivity index (χ0n) is 13.9. The number of piperazine rings is 1. The number of aliphatic imine (C=N–C) groups is 1. The van der Waals surface area contributed by atoms with Crippen molar-refractivity contribution in [1.82, 2.24) is 14.7 Å². The van der Waals surface area contributed by atoms with E-state index in [0.717, 1.165) is 44.4 Å². The Morgan fingerprint density at radius 1 is 1.13 bits per heavy atom. The summed E-state index contributed by atoms with van der Waals surface area (Å²) in [7, 11) is 1.62. The van der Waals surface area contributed by atoms with E-state index in [4.69, 9.17) is 4.74 Å². The number of amides is 1. The van der Waals surface area contributed by atoms with Gasteiger partial charge in [-0.25, -0.2) is 0 Å². The Morgan fingerprint density at radius 3 is 2.43 bits per heavy atom. The molecule has 6 nitrogen and oxygen atoms in total. The number of carbonyl (C=O) groups excluding carboxylic acids is 1. The highest BCUT2D eigenvalue weighted by atomic mass is 16.5. The first kappa shape index (κ1) is 15.8. The van der Waals surface area contributed by atoms with Crippen molar-refractivity contribution in [1.29, 1.82) is 0 Å². The molecule has 0 aliphatic carbocycles. The molecule has 0 spiro atoms. The van der Waals surface area contributed by atoms with E-state index in [1.165, 1.54) is 0 Å². The molecule has 0 bridgehead atoms. The number of hydrogen-bond donors (Lipinski definition) is 0. The van der Waals surface area contributed by atoms with Crippen molar-refractivity contribution in [2.45, 2.75) is 6.92 Å². The van der Waals surface area contributed by atoms with Crippen LogP contribution in [-0.2, 0) is 0 Å². The summed E-state index contributed by atoms with van der Waals surface area (Å²) in [6, 6.07) is 7.26. The largest absolute Gasteiger partial charge is 0.497 e. The average Bonchev–Trinajstić information content (AvgIpc) is 3.11. The van der Waals surface area contributed by atoms with Gasteiger partial charge in [-0.2, -0.15) is 0 Å².